The number of rotatable bonds is 5. The number of anilines is 1. The normalized spacial score (nSPS) is 14.6. The maximum Gasteiger partial charge on any atom is 0.248 e. The van der Waals surface area contributed by atoms with E-state index in [0.717, 1.165) is 31.7 Å². The lowest BCUT2D eigenvalue weighted by atomic mass is 10.1. The number of hydrogen-bond donors (Lipinski definition) is 0. The molecule has 0 aromatic heterocycles. The summed E-state index contributed by atoms with van der Waals surface area (Å²) in [7, 11) is 0. The molecule has 2 aromatic carbocycles. The average molecular weight is 338 g/mol. The molecule has 1 heterocycles. The molecular weight excluding hydrogens is 312 g/mol. The third-order valence-corrected chi connectivity index (χ3v) is 4.89. The van der Waals surface area contributed by atoms with Crippen molar-refractivity contribution >= 4 is 11.6 Å². The minimum Gasteiger partial charge on any atom is -0.368 e. The van der Waals surface area contributed by atoms with Crippen molar-refractivity contribution in [2.75, 3.05) is 37.7 Å². The Kier molecular flexibility index (Phi) is 5.71. The quantitative estimate of drug-likeness (QED) is 0.839. The molecule has 0 saturated carbocycles. The van der Waals surface area contributed by atoms with Crippen molar-refractivity contribution in [1.29, 1.82) is 0 Å². The van der Waals surface area contributed by atoms with Crippen LogP contribution in [0.4, 0.5) is 5.69 Å². The second-order valence-electron chi connectivity index (χ2n) is 6.57. The van der Waals surface area contributed by atoms with Crippen LogP contribution in [0.2, 0.25) is 0 Å². The van der Waals surface area contributed by atoms with E-state index >= 15 is 0 Å². The highest BCUT2D eigenvalue weighted by molar-refractivity contribution is 5.77. The van der Waals surface area contributed by atoms with Crippen LogP contribution in [0.1, 0.15) is 16.7 Å². The van der Waals surface area contributed by atoms with Gasteiger partial charge in [-0.15, -0.1) is 0 Å². The van der Waals surface area contributed by atoms with Crippen LogP contribution in [-0.2, 0) is 16.1 Å². The van der Waals surface area contributed by atoms with Gasteiger partial charge in [0.1, 0.15) is 6.61 Å². The van der Waals surface area contributed by atoms with Gasteiger partial charge in [-0.05, 0) is 36.6 Å². The lowest BCUT2D eigenvalue weighted by molar-refractivity contribution is -0.136. The molecule has 4 nitrogen and oxygen atoms in total. The zero-order chi connectivity index (χ0) is 17.6. The van der Waals surface area contributed by atoms with Crippen molar-refractivity contribution < 1.29 is 9.53 Å². The van der Waals surface area contributed by atoms with Gasteiger partial charge in [-0.3, -0.25) is 4.79 Å². The summed E-state index contributed by atoms with van der Waals surface area (Å²) in [4.78, 5) is 16.6. The zero-order valence-electron chi connectivity index (χ0n) is 15.1. The van der Waals surface area contributed by atoms with Crippen LogP contribution in [0.25, 0.3) is 0 Å². The number of carbonyl (C=O) groups excluding carboxylic acids is 1. The van der Waals surface area contributed by atoms with E-state index in [1.807, 2.05) is 35.2 Å². The Hall–Kier alpha value is -2.33. The first-order valence-electron chi connectivity index (χ1n) is 8.86. The van der Waals surface area contributed by atoms with Gasteiger partial charge in [0, 0.05) is 31.9 Å². The highest BCUT2D eigenvalue weighted by Gasteiger charge is 2.22. The molecule has 0 bridgehead atoms. The van der Waals surface area contributed by atoms with Crippen LogP contribution in [0, 0.1) is 13.8 Å². The van der Waals surface area contributed by atoms with Crippen molar-refractivity contribution in [3.63, 3.8) is 0 Å². The SMILES string of the molecule is Cc1cccc(N2CCN(C(=O)COCc3ccccc3)CC2)c1C. The second kappa shape index (κ2) is 8.17. The molecular formula is C21H26N2O2. The number of benzene rings is 2. The maximum absolute atomic E-state index is 12.3. The van der Waals surface area contributed by atoms with E-state index < -0.39 is 0 Å². The number of nitrogens with zero attached hydrogens (tertiary/aromatic N) is 2. The van der Waals surface area contributed by atoms with E-state index in [0.29, 0.717) is 6.61 Å². The van der Waals surface area contributed by atoms with Crippen LogP contribution in [0.5, 0.6) is 0 Å². The Morgan fingerprint density at radius 1 is 0.960 bits per heavy atom. The van der Waals surface area contributed by atoms with Gasteiger partial charge in [0.15, 0.2) is 0 Å². The van der Waals surface area contributed by atoms with E-state index in [9.17, 15) is 4.79 Å². The fraction of sp³-hybridized carbons (Fsp3) is 0.381. The third kappa shape index (κ3) is 4.40. The fourth-order valence-electron chi connectivity index (χ4n) is 3.20. The number of amides is 1. The summed E-state index contributed by atoms with van der Waals surface area (Å²) in [6, 6.07) is 16.4. The topological polar surface area (TPSA) is 32.8 Å². The number of ether oxygens (including phenoxy) is 1. The van der Waals surface area contributed by atoms with E-state index in [2.05, 4.69) is 36.9 Å². The molecule has 1 aliphatic rings. The Labute approximate surface area is 150 Å². The smallest absolute Gasteiger partial charge is 0.248 e. The van der Waals surface area contributed by atoms with Crippen LogP contribution in [-0.4, -0.2) is 43.6 Å². The summed E-state index contributed by atoms with van der Waals surface area (Å²) >= 11 is 0. The highest BCUT2D eigenvalue weighted by atomic mass is 16.5. The Morgan fingerprint density at radius 3 is 2.40 bits per heavy atom. The lowest BCUT2D eigenvalue weighted by Crippen LogP contribution is -2.50. The predicted molar refractivity (Wildman–Crippen MR) is 101 cm³/mol. The van der Waals surface area contributed by atoms with E-state index in [1.54, 1.807) is 0 Å². The molecule has 132 valence electrons. The lowest BCUT2D eigenvalue weighted by Gasteiger charge is -2.37. The van der Waals surface area contributed by atoms with Crippen LogP contribution in [0.15, 0.2) is 48.5 Å². The van der Waals surface area contributed by atoms with Crippen molar-refractivity contribution in [2.24, 2.45) is 0 Å². The largest absolute Gasteiger partial charge is 0.368 e. The second-order valence-corrected chi connectivity index (χ2v) is 6.57. The molecule has 0 atom stereocenters. The van der Waals surface area contributed by atoms with E-state index in [1.165, 1.54) is 16.8 Å². The maximum atomic E-state index is 12.3. The zero-order valence-corrected chi connectivity index (χ0v) is 15.1. The summed E-state index contributed by atoms with van der Waals surface area (Å²) < 4.78 is 5.58. The summed E-state index contributed by atoms with van der Waals surface area (Å²) in [5, 5.41) is 0. The van der Waals surface area contributed by atoms with Crippen molar-refractivity contribution in [3.05, 3.63) is 65.2 Å². The summed E-state index contributed by atoms with van der Waals surface area (Å²) in [5.41, 5.74) is 5.02. The minimum atomic E-state index is 0.0801. The van der Waals surface area contributed by atoms with Gasteiger partial charge in [0.2, 0.25) is 5.91 Å². The van der Waals surface area contributed by atoms with Gasteiger partial charge >= 0.3 is 0 Å². The van der Waals surface area contributed by atoms with E-state index in [4.69, 9.17) is 4.74 Å². The average Bonchev–Trinajstić information content (AvgIpc) is 2.65. The van der Waals surface area contributed by atoms with Crippen LogP contribution in [0.3, 0.4) is 0 Å². The first-order chi connectivity index (χ1) is 12.1. The van der Waals surface area contributed by atoms with Crippen molar-refractivity contribution in [2.45, 2.75) is 20.5 Å². The minimum absolute atomic E-state index is 0.0801. The molecule has 1 aliphatic heterocycles. The molecule has 0 aliphatic carbocycles. The molecule has 25 heavy (non-hydrogen) atoms. The number of piperazine rings is 1. The summed E-state index contributed by atoms with van der Waals surface area (Å²) in [5.74, 6) is 0.0801. The molecule has 2 aromatic rings. The number of carbonyl (C=O) groups is 1. The fourth-order valence-corrected chi connectivity index (χ4v) is 3.20. The van der Waals surface area contributed by atoms with Gasteiger partial charge in [-0.2, -0.15) is 0 Å². The molecule has 0 radical (unpaired) electrons. The van der Waals surface area contributed by atoms with Gasteiger partial charge in [-0.25, -0.2) is 0 Å². The summed E-state index contributed by atoms with van der Waals surface area (Å²) in [6.07, 6.45) is 0. The monoisotopic (exact) mass is 338 g/mol. The van der Waals surface area contributed by atoms with Crippen LogP contribution < -0.4 is 4.90 Å². The molecule has 1 saturated heterocycles. The van der Waals surface area contributed by atoms with Crippen molar-refractivity contribution in [3.8, 4) is 0 Å². The van der Waals surface area contributed by atoms with E-state index in [-0.39, 0.29) is 12.5 Å². The Bertz CT molecular complexity index is 707. The van der Waals surface area contributed by atoms with Gasteiger partial charge in [-0.1, -0.05) is 42.5 Å². The molecule has 0 spiro atoms. The standard InChI is InChI=1S/C21H26N2O2/c1-17-7-6-10-20(18(17)2)22-11-13-23(14-12-22)21(24)16-25-15-19-8-4-3-5-9-19/h3-10H,11-16H2,1-2H3. The molecule has 1 fully saturated rings. The number of aryl methyl sites for hydroxylation is 1. The predicted octanol–water partition coefficient (Wildman–Crippen LogP) is 3.17. The first kappa shape index (κ1) is 17.5. The first-order valence-corrected chi connectivity index (χ1v) is 8.86. The third-order valence-electron chi connectivity index (χ3n) is 4.89. The summed E-state index contributed by atoms with van der Waals surface area (Å²) in [6.45, 7) is 8.18. The molecule has 0 unspecified atom stereocenters. The molecule has 1 amide bonds. The highest BCUT2D eigenvalue weighted by Crippen LogP contribution is 2.23. The Morgan fingerprint density at radius 2 is 1.68 bits per heavy atom. The molecule has 0 N–H and O–H groups in total. The molecule has 4 heteroatoms. The van der Waals surface area contributed by atoms with Gasteiger partial charge in [0.25, 0.3) is 0 Å². The van der Waals surface area contributed by atoms with Gasteiger partial charge in [0.05, 0.1) is 6.61 Å². The Balaban J connectivity index is 1.47. The van der Waals surface area contributed by atoms with Gasteiger partial charge < -0.3 is 14.5 Å². The number of hydrogen-bond acceptors (Lipinski definition) is 3. The van der Waals surface area contributed by atoms with Crippen LogP contribution >= 0.6 is 0 Å². The molecule has 3 rings (SSSR count). The van der Waals surface area contributed by atoms with Crippen molar-refractivity contribution in [1.82, 2.24) is 4.90 Å².